The lowest BCUT2D eigenvalue weighted by Gasteiger charge is -2.33. The minimum absolute atomic E-state index is 0.163. The molecular weight excluding hydrogens is 217 g/mol. The number of alkyl halides is 1. The average molecular weight is 235 g/mol. The van der Waals surface area contributed by atoms with Gasteiger partial charge in [0.25, 0.3) is 0 Å². The van der Waals surface area contributed by atoms with Crippen molar-refractivity contribution in [2.45, 2.75) is 43.8 Å². The van der Waals surface area contributed by atoms with Crippen molar-refractivity contribution in [3.63, 3.8) is 0 Å². The van der Waals surface area contributed by atoms with E-state index in [1.165, 1.54) is 0 Å². The van der Waals surface area contributed by atoms with Gasteiger partial charge in [-0.05, 0) is 31.2 Å². The lowest BCUT2D eigenvalue weighted by Crippen LogP contribution is -2.34. The Hall–Kier alpha value is -1.09. The highest BCUT2D eigenvalue weighted by atomic mass is 19.1. The van der Waals surface area contributed by atoms with Gasteiger partial charge in [0.15, 0.2) is 0 Å². The van der Waals surface area contributed by atoms with E-state index < -0.39 is 5.67 Å². The summed E-state index contributed by atoms with van der Waals surface area (Å²) in [5.41, 5.74) is 6.52. The molecule has 1 heterocycles. The second-order valence-corrected chi connectivity index (χ2v) is 5.20. The molecule has 2 nitrogen and oxygen atoms in total. The third-order valence-electron chi connectivity index (χ3n) is 4.02. The van der Waals surface area contributed by atoms with Gasteiger partial charge in [0, 0.05) is 18.0 Å². The first kappa shape index (κ1) is 11.0. The molecule has 1 aromatic rings. The van der Waals surface area contributed by atoms with E-state index in [-0.39, 0.29) is 6.04 Å². The number of rotatable bonds is 1. The van der Waals surface area contributed by atoms with Crippen LogP contribution in [0.3, 0.4) is 0 Å². The van der Waals surface area contributed by atoms with Crippen molar-refractivity contribution in [1.29, 1.82) is 0 Å². The van der Waals surface area contributed by atoms with Gasteiger partial charge >= 0.3 is 0 Å². The Labute approximate surface area is 101 Å². The Kier molecular flexibility index (Phi) is 2.58. The predicted molar refractivity (Wildman–Crippen MR) is 64.9 cm³/mol. The molecule has 1 aliphatic carbocycles. The van der Waals surface area contributed by atoms with E-state index in [9.17, 15) is 4.39 Å². The van der Waals surface area contributed by atoms with E-state index in [0.717, 1.165) is 36.1 Å². The van der Waals surface area contributed by atoms with Gasteiger partial charge in [-0.15, -0.1) is 0 Å². The highest BCUT2D eigenvalue weighted by Crippen LogP contribution is 2.46. The molecule has 2 N–H and O–H groups in total. The summed E-state index contributed by atoms with van der Waals surface area (Å²) in [7, 11) is 0. The maximum atomic E-state index is 15.0. The molecule has 0 unspecified atom stereocenters. The van der Waals surface area contributed by atoms with Crippen LogP contribution in [0.2, 0.25) is 0 Å². The third-order valence-corrected chi connectivity index (χ3v) is 4.02. The monoisotopic (exact) mass is 235 g/mol. The number of hydrogen-bond acceptors (Lipinski definition) is 2. The predicted octanol–water partition coefficient (Wildman–Crippen LogP) is 2.69. The Morgan fingerprint density at radius 2 is 2.06 bits per heavy atom. The molecule has 1 aliphatic heterocycles. The van der Waals surface area contributed by atoms with Crippen LogP contribution in [0.1, 0.15) is 36.8 Å². The zero-order chi connectivity index (χ0) is 11.9. The summed E-state index contributed by atoms with van der Waals surface area (Å²) >= 11 is 0. The second kappa shape index (κ2) is 3.98. The molecule has 0 aromatic heterocycles. The molecule has 0 atom stereocenters. The fourth-order valence-corrected chi connectivity index (χ4v) is 2.94. The van der Waals surface area contributed by atoms with Crippen molar-refractivity contribution < 1.29 is 9.13 Å². The van der Waals surface area contributed by atoms with E-state index in [4.69, 9.17) is 10.5 Å². The lowest BCUT2D eigenvalue weighted by molar-refractivity contribution is 0.0944. The first-order valence-electron chi connectivity index (χ1n) is 6.39. The van der Waals surface area contributed by atoms with Gasteiger partial charge < -0.3 is 10.5 Å². The fraction of sp³-hybridized carbons (Fsp3) is 0.571. The summed E-state index contributed by atoms with van der Waals surface area (Å²) in [6.45, 7) is 0.682. The first-order chi connectivity index (χ1) is 8.19. The quantitative estimate of drug-likeness (QED) is 0.812. The number of fused-ring (bicyclic) bond motifs is 1. The SMILES string of the molecule is NC1CCC(F)(c2cccc3c2OCC3)CC1. The van der Waals surface area contributed by atoms with Crippen molar-refractivity contribution in [2.24, 2.45) is 5.73 Å². The number of benzene rings is 1. The second-order valence-electron chi connectivity index (χ2n) is 5.20. The smallest absolute Gasteiger partial charge is 0.139 e. The van der Waals surface area contributed by atoms with Crippen molar-refractivity contribution in [3.8, 4) is 5.75 Å². The van der Waals surface area contributed by atoms with Gasteiger partial charge in [-0.3, -0.25) is 0 Å². The standard InChI is InChI=1S/C14H18FNO/c15-14(7-4-11(16)5-8-14)12-3-1-2-10-6-9-17-13(10)12/h1-3,11H,4-9,16H2. The maximum Gasteiger partial charge on any atom is 0.139 e. The molecule has 1 saturated carbocycles. The summed E-state index contributed by atoms with van der Waals surface area (Å²) in [6, 6.07) is 6.01. The van der Waals surface area contributed by atoms with Crippen LogP contribution in [0.15, 0.2) is 18.2 Å². The lowest BCUT2D eigenvalue weighted by atomic mass is 9.78. The van der Waals surface area contributed by atoms with Crippen LogP contribution < -0.4 is 10.5 Å². The minimum atomic E-state index is -1.23. The van der Waals surface area contributed by atoms with Gasteiger partial charge in [0.05, 0.1) is 6.61 Å². The van der Waals surface area contributed by atoms with Crippen LogP contribution in [0.5, 0.6) is 5.75 Å². The topological polar surface area (TPSA) is 35.2 Å². The van der Waals surface area contributed by atoms with Crippen molar-refractivity contribution >= 4 is 0 Å². The Bertz CT molecular complexity index is 424. The highest BCUT2D eigenvalue weighted by molar-refractivity contribution is 5.47. The van der Waals surface area contributed by atoms with E-state index in [1.807, 2.05) is 18.2 Å². The molecule has 0 radical (unpaired) electrons. The maximum absolute atomic E-state index is 15.0. The molecule has 3 heteroatoms. The van der Waals surface area contributed by atoms with Gasteiger partial charge in [0.2, 0.25) is 0 Å². The molecule has 17 heavy (non-hydrogen) atoms. The van der Waals surface area contributed by atoms with E-state index in [2.05, 4.69) is 0 Å². The minimum Gasteiger partial charge on any atom is -0.493 e. The van der Waals surface area contributed by atoms with Crippen LogP contribution in [-0.4, -0.2) is 12.6 Å². The van der Waals surface area contributed by atoms with Crippen molar-refractivity contribution in [1.82, 2.24) is 0 Å². The summed E-state index contributed by atoms with van der Waals surface area (Å²) in [4.78, 5) is 0. The molecule has 1 fully saturated rings. The zero-order valence-electron chi connectivity index (χ0n) is 9.92. The van der Waals surface area contributed by atoms with Crippen molar-refractivity contribution in [2.75, 3.05) is 6.61 Å². The van der Waals surface area contributed by atoms with Gasteiger partial charge in [-0.2, -0.15) is 0 Å². The number of hydrogen-bond donors (Lipinski definition) is 1. The number of nitrogens with two attached hydrogens (primary N) is 1. The molecule has 0 spiro atoms. The molecule has 2 aliphatic rings. The first-order valence-corrected chi connectivity index (χ1v) is 6.39. The average Bonchev–Trinajstić information content (AvgIpc) is 2.81. The summed E-state index contributed by atoms with van der Waals surface area (Å²) in [6.07, 6.45) is 3.47. The Morgan fingerprint density at radius 1 is 1.29 bits per heavy atom. The number of para-hydroxylation sites is 1. The Balaban J connectivity index is 1.96. The fourth-order valence-electron chi connectivity index (χ4n) is 2.94. The molecule has 0 saturated heterocycles. The molecule has 0 bridgehead atoms. The summed E-state index contributed by atoms with van der Waals surface area (Å²) in [5, 5.41) is 0. The van der Waals surface area contributed by atoms with E-state index in [0.29, 0.717) is 19.4 Å². The normalized spacial score (nSPS) is 32.0. The van der Waals surface area contributed by atoms with Crippen LogP contribution in [0.4, 0.5) is 4.39 Å². The third kappa shape index (κ3) is 1.82. The van der Waals surface area contributed by atoms with Crippen molar-refractivity contribution in [3.05, 3.63) is 29.3 Å². The largest absolute Gasteiger partial charge is 0.493 e. The highest BCUT2D eigenvalue weighted by Gasteiger charge is 2.39. The van der Waals surface area contributed by atoms with Gasteiger partial charge in [-0.25, -0.2) is 4.39 Å². The Morgan fingerprint density at radius 3 is 2.82 bits per heavy atom. The molecule has 0 amide bonds. The van der Waals surface area contributed by atoms with Gasteiger partial charge in [0.1, 0.15) is 11.4 Å². The molecule has 3 rings (SSSR count). The van der Waals surface area contributed by atoms with E-state index >= 15 is 0 Å². The van der Waals surface area contributed by atoms with Crippen LogP contribution in [0.25, 0.3) is 0 Å². The summed E-state index contributed by atoms with van der Waals surface area (Å²) in [5.74, 6) is 0.797. The zero-order valence-corrected chi connectivity index (χ0v) is 9.92. The number of ether oxygens (including phenoxy) is 1. The van der Waals surface area contributed by atoms with Crippen LogP contribution in [0, 0.1) is 0 Å². The van der Waals surface area contributed by atoms with E-state index in [1.54, 1.807) is 0 Å². The van der Waals surface area contributed by atoms with Crippen LogP contribution >= 0.6 is 0 Å². The molecule has 1 aromatic carbocycles. The van der Waals surface area contributed by atoms with Gasteiger partial charge in [-0.1, -0.05) is 18.2 Å². The molecular formula is C14H18FNO. The number of halogens is 1. The van der Waals surface area contributed by atoms with Crippen LogP contribution in [-0.2, 0) is 12.1 Å². The molecule has 92 valence electrons. The summed E-state index contributed by atoms with van der Waals surface area (Å²) < 4.78 is 20.6.